The van der Waals surface area contributed by atoms with Crippen LogP contribution >= 0.6 is 0 Å². The quantitative estimate of drug-likeness (QED) is 0.243. The molecular formula is C24H27N3O5. The predicted molar refractivity (Wildman–Crippen MR) is 122 cm³/mol. The van der Waals surface area contributed by atoms with Crippen molar-refractivity contribution >= 4 is 28.8 Å². The maximum atomic E-state index is 13.2. The number of carbonyl (C=O) groups is 2. The van der Waals surface area contributed by atoms with Crippen molar-refractivity contribution < 1.29 is 19.2 Å². The van der Waals surface area contributed by atoms with E-state index < -0.39 is 16.7 Å². The molecule has 0 atom stereocenters. The van der Waals surface area contributed by atoms with Gasteiger partial charge in [0.2, 0.25) is 0 Å². The SMILES string of the molecule is CCCCOCCCN1C(=O)C(Nc2ccccc2C)=C(c2ccc([N+](=O)[O-])cc2)C1=O. The monoisotopic (exact) mass is 437 g/mol. The van der Waals surface area contributed by atoms with Gasteiger partial charge in [0.1, 0.15) is 5.70 Å². The van der Waals surface area contributed by atoms with Crippen molar-refractivity contribution in [2.24, 2.45) is 0 Å². The largest absolute Gasteiger partial charge is 0.381 e. The van der Waals surface area contributed by atoms with E-state index in [-0.39, 0.29) is 23.5 Å². The number of rotatable bonds is 11. The molecular weight excluding hydrogens is 410 g/mol. The fourth-order valence-electron chi connectivity index (χ4n) is 3.43. The maximum Gasteiger partial charge on any atom is 0.278 e. The number of non-ortho nitro benzene ring substituents is 1. The van der Waals surface area contributed by atoms with Crippen molar-refractivity contribution in [2.75, 3.05) is 25.1 Å². The van der Waals surface area contributed by atoms with Crippen molar-refractivity contribution in [1.29, 1.82) is 0 Å². The zero-order valence-corrected chi connectivity index (χ0v) is 18.3. The molecule has 1 N–H and O–H groups in total. The van der Waals surface area contributed by atoms with Crippen molar-refractivity contribution in [3.63, 3.8) is 0 Å². The van der Waals surface area contributed by atoms with Crippen LogP contribution in [0, 0.1) is 17.0 Å². The lowest BCUT2D eigenvalue weighted by atomic mass is 10.0. The number of nitro groups is 1. The van der Waals surface area contributed by atoms with E-state index in [9.17, 15) is 19.7 Å². The van der Waals surface area contributed by atoms with Crippen LogP contribution in [-0.2, 0) is 14.3 Å². The Morgan fingerprint density at radius 1 is 1.00 bits per heavy atom. The average molecular weight is 437 g/mol. The van der Waals surface area contributed by atoms with Crippen molar-refractivity contribution in [2.45, 2.75) is 33.1 Å². The average Bonchev–Trinajstić information content (AvgIpc) is 3.01. The number of imide groups is 1. The second-order valence-corrected chi connectivity index (χ2v) is 7.58. The first-order valence-electron chi connectivity index (χ1n) is 10.7. The third-order valence-corrected chi connectivity index (χ3v) is 5.25. The van der Waals surface area contributed by atoms with Crippen LogP contribution in [0.15, 0.2) is 54.2 Å². The van der Waals surface area contributed by atoms with Crippen LogP contribution in [0.4, 0.5) is 11.4 Å². The van der Waals surface area contributed by atoms with Crippen LogP contribution in [-0.4, -0.2) is 41.4 Å². The molecule has 2 aromatic carbocycles. The number of nitrogens with one attached hydrogen (secondary N) is 1. The highest BCUT2D eigenvalue weighted by Crippen LogP contribution is 2.32. The van der Waals surface area contributed by atoms with Gasteiger partial charge < -0.3 is 10.1 Å². The fraction of sp³-hybridized carbons (Fsp3) is 0.333. The van der Waals surface area contributed by atoms with Gasteiger partial charge in [-0.05, 0) is 49.1 Å². The number of nitrogens with zero attached hydrogens (tertiary/aromatic N) is 2. The maximum absolute atomic E-state index is 13.2. The number of unbranched alkanes of at least 4 members (excludes halogenated alkanes) is 1. The van der Waals surface area contributed by atoms with Crippen molar-refractivity contribution in [3.8, 4) is 0 Å². The molecule has 0 unspecified atom stereocenters. The van der Waals surface area contributed by atoms with E-state index in [2.05, 4.69) is 12.2 Å². The third-order valence-electron chi connectivity index (χ3n) is 5.25. The lowest BCUT2D eigenvalue weighted by Gasteiger charge is -2.15. The summed E-state index contributed by atoms with van der Waals surface area (Å²) in [5, 5.41) is 14.1. The highest BCUT2D eigenvalue weighted by Gasteiger charge is 2.39. The summed E-state index contributed by atoms with van der Waals surface area (Å²) >= 11 is 0. The highest BCUT2D eigenvalue weighted by molar-refractivity contribution is 6.36. The van der Waals surface area contributed by atoms with Crippen LogP contribution in [0.25, 0.3) is 5.57 Å². The normalized spacial score (nSPS) is 13.8. The smallest absolute Gasteiger partial charge is 0.278 e. The lowest BCUT2D eigenvalue weighted by Crippen LogP contribution is -2.34. The minimum Gasteiger partial charge on any atom is -0.381 e. The summed E-state index contributed by atoms with van der Waals surface area (Å²) in [5.41, 5.74) is 2.39. The standard InChI is InChI=1S/C24H27N3O5/c1-3-4-15-32-16-7-14-26-23(28)21(18-10-12-19(13-11-18)27(30)31)22(24(26)29)25-20-9-6-5-8-17(20)2/h5-6,8-13,25H,3-4,7,14-16H2,1-2H3. The van der Waals surface area contributed by atoms with E-state index in [1.165, 1.54) is 29.2 Å². The highest BCUT2D eigenvalue weighted by atomic mass is 16.6. The molecule has 2 amide bonds. The molecule has 2 aromatic rings. The van der Waals surface area contributed by atoms with Gasteiger partial charge in [-0.15, -0.1) is 0 Å². The third kappa shape index (κ3) is 5.20. The van der Waals surface area contributed by atoms with Crippen molar-refractivity contribution in [1.82, 2.24) is 4.90 Å². The number of hydrogen-bond donors (Lipinski definition) is 1. The lowest BCUT2D eigenvalue weighted by molar-refractivity contribution is -0.384. The van der Waals surface area contributed by atoms with Gasteiger partial charge in [-0.3, -0.25) is 24.6 Å². The van der Waals surface area contributed by atoms with E-state index in [1.807, 2.05) is 31.2 Å². The summed E-state index contributed by atoms with van der Waals surface area (Å²) in [6.45, 7) is 5.34. The van der Waals surface area contributed by atoms with E-state index >= 15 is 0 Å². The molecule has 32 heavy (non-hydrogen) atoms. The van der Waals surface area contributed by atoms with Crippen LogP contribution in [0.5, 0.6) is 0 Å². The number of ether oxygens (including phenoxy) is 1. The first-order chi connectivity index (χ1) is 15.4. The number of amides is 2. The fourth-order valence-corrected chi connectivity index (χ4v) is 3.43. The number of benzene rings is 2. The van der Waals surface area contributed by atoms with E-state index in [0.29, 0.717) is 30.9 Å². The molecule has 3 rings (SSSR count). The Labute approximate surface area is 187 Å². The zero-order valence-electron chi connectivity index (χ0n) is 18.3. The summed E-state index contributed by atoms with van der Waals surface area (Å²) in [5.74, 6) is -0.839. The Balaban J connectivity index is 1.87. The Hall–Kier alpha value is -3.52. The summed E-state index contributed by atoms with van der Waals surface area (Å²) in [6.07, 6.45) is 2.55. The van der Waals surface area contributed by atoms with E-state index in [4.69, 9.17) is 4.74 Å². The summed E-state index contributed by atoms with van der Waals surface area (Å²) in [7, 11) is 0. The second kappa shape index (κ2) is 10.7. The van der Waals surface area contributed by atoms with Crippen LogP contribution in [0.1, 0.15) is 37.3 Å². The molecule has 1 aliphatic heterocycles. The number of aryl methyl sites for hydroxylation is 1. The molecule has 0 saturated heterocycles. The molecule has 0 bridgehead atoms. The minimum atomic E-state index is -0.503. The predicted octanol–water partition coefficient (Wildman–Crippen LogP) is 4.30. The van der Waals surface area contributed by atoms with Crippen LogP contribution in [0.3, 0.4) is 0 Å². The molecule has 0 fully saturated rings. The second-order valence-electron chi connectivity index (χ2n) is 7.58. The molecule has 1 aliphatic rings. The molecule has 0 saturated carbocycles. The zero-order chi connectivity index (χ0) is 23.1. The van der Waals surface area contributed by atoms with E-state index in [0.717, 1.165) is 18.4 Å². The van der Waals surface area contributed by atoms with Gasteiger partial charge in [-0.2, -0.15) is 0 Å². The van der Waals surface area contributed by atoms with Gasteiger partial charge in [-0.1, -0.05) is 31.5 Å². The van der Waals surface area contributed by atoms with Gasteiger partial charge >= 0.3 is 0 Å². The molecule has 0 spiro atoms. The number of nitro benzene ring substituents is 1. The molecule has 168 valence electrons. The summed E-state index contributed by atoms with van der Waals surface area (Å²) < 4.78 is 5.55. The first kappa shape index (κ1) is 23.1. The van der Waals surface area contributed by atoms with Gasteiger partial charge in [-0.25, -0.2) is 0 Å². The summed E-state index contributed by atoms with van der Waals surface area (Å²) in [6, 6.07) is 13.1. The minimum absolute atomic E-state index is 0.0828. The molecule has 8 heteroatoms. The number of hydrogen-bond acceptors (Lipinski definition) is 6. The number of anilines is 1. The number of carbonyl (C=O) groups excluding carboxylic acids is 2. The molecule has 1 heterocycles. The Kier molecular flexibility index (Phi) is 7.72. The van der Waals surface area contributed by atoms with Crippen molar-refractivity contribution in [3.05, 3.63) is 75.5 Å². The number of para-hydroxylation sites is 1. The Bertz CT molecular complexity index is 1030. The van der Waals surface area contributed by atoms with Crippen LogP contribution < -0.4 is 5.32 Å². The van der Waals surface area contributed by atoms with Gasteiger partial charge in [0, 0.05) is 37.6 Å². The van der Waals surface area contributed by atoms with E-state index in [1.54, 1.807) is 0 Å². The Morgan fingerprint density at radius 3 is 2.34 bits per heavy atom. The first-order valence-corrected chi connectivity index (χ1v) is 10.7. The topological polar surface area (TPSA) is 102 Å². The molecule has 0 aliphatic carbocycles. The summed E-state index contributed by atoms with van der Waals surface area (Å²) in [4.78, 5) is 38.1. The Morgan fingerprint density at radius 2 is 1.69 bits per heavy atom. The van der Waals surface area contributed by atoms with Crippen LogP contribution in [0.2, 0.25) is 0 Å². The molecule has 8 nitrogen and oxygen atoms in total. The van der Waals surface area contributed by atoms with Gasteiger partial charge in [0.05, 0.1) is 10.5 Å². The van der Waals surface area contributed by atoms with Gasteiger partial charge in [0.25, 0.3) is 17.5 Å². The van der Waals surface area contributed by atoms with Gasteiger partial charge in [0.15, 0.2) is 0 Å². The molecule has 0 radical (unpaired) electrons. The molecule has 0 aromatic heterocycles.